The van der Waals surface area contributed by atoms with Crippen LogP contribution in [-0.4, -0.2) is 10.8 Å². The van der Waals surface area contributed by atoms with Crippen LogP contribution in [0.1, 0.15) is 21.5 Å². The Balaban J connectivity index is 1.51. The van der Waals surface area contributed by atoms with Gasteiger partial charge in [-0.05, 0) is 42.0 Å². The first-order chi connectivity index (χ1) is 13.1. The molecule has 0 N–H and O–H groups in total. The van der Waals surface area contributed by atoms with E-state index in [9.17, 15) is 4.79 Å². The summed E-state index contributed by atoms with van der Waals surface area (Å²) in [6.45, 7) is 0.279. The number of ketones is 1. The lowest BCUT2D eigenvalue weighted by molar-refractivity contribution is 0.101. The van der Waals surface area contributed by atoms with Gasteiger partial charge in [-0.3, -0.25) is 9.78 Å². The first-order valence-electron chi connectivity index (χ1n) is 8.15. The molecule has 6 heteroatoms. The third-order valence-corrected chi connectivity index (χ3v) is 4.62. The van der Waals surface area contributed by atoms with Gasteiger partial charge in [-0.1, -0.05) is 35.3 Å². The van der Waals surface area contributed by atoms with Crippen LogP contribution < -0.4 is 9.47 Å². The summed E-state index contributed by atoms with van der Waals surface area (Å²) in [4.78, 5) is 16.5. The van der Waals surface area contributed by atoms with Crippen molar-refractivity contribution in [3.63, 3.8) is 0 Å². The van der Waals surface area contributed by atoms with E-state index in [1.807, 2.05) is 12.1 Å². The molecule has 0 saturated carbocycles. The summed E-state index contributed by atoms with van der Waals surface area (Å²) in [5.41, 5.74) is 2.11. The molecule has 27 heavy (non-hydrogen) atoms. The molecule has 2 aromatic carbocycles. The number of carbonyl (C=O) groups excluding carboxylic acids is 1. The number of aromatic nitrogens is 1. The Hall–Kier alpha value is -2.82. The van der Waals surface area contributed by atoms with Gasteiger partial charge in [-0.2, -0.15) is 0 Å². The van der Waals surface area contributed by atoms with E-state index in [0.717, 1.165) is 11.1 Å². The second-order valence-corrected chi connectivity index (χ2v) is 6.75. The van der Waals surface area contributed by atoms with Gasteiger partial charge in [0, 0.05) is 34.1 Å². The van der Waals surface area contributed by atoms with Crippen molar-refractivity contribution in [1.29, 1.82) is 0 Å². The molecule has 0 atom stereocenters. The van der Waals surface area contributed by atoms with E-state index in [2.05, 4.69) is 4.98 Å². The van der Waals surface area contributed by atoms with Gasteiger partial charge in [0.2, 0.25) is 5.78 Å². The number of rotatable bonds is 4. The van der Waals surface area contributed by atoms with Crippen LogP contribution in [-0.2, 0) is 6.61 Å². The van der Waals surface area contributed by atoms with Crippen molar-refractivity contribution < 1.29 is 14.3 Å². The minimum absolute atomic E-state index is 0.166. The summed E-state index contributed by atoms with van der Waals surface area (Å²) in [6.07, 6.45) is 5.00. The summed E-state index contributed by atoms with van der Waals surface area (Å²) in [7, 11) is 0. The number of halogens is 2. The fourth-order valence-corrected chi connectivity index (χ4v) is 3.13. The van der Waals surface area contributed by atoms with E-state index in [4.69, 9.17) is 32.7 Å². The minimum Gasteiger partial charge on any atom is -0.489 e. The maximum atomic E-state index is 12.5. The van der Waals surface area contributed by atoms with Crippen LogP contribution in [0, 0.1) is 0 Å². The molecule has 0 unspecified atom stereocenters. The number of hydrogen-bond acceptors (Lipinski definition) is 4. The van der Waals surface area contributed by atoms with Gasteiger partial charge in [0.05, 0.1) is 5.56 Å². The lowest BCUT2D eigenvalue weighted by Crippen LogP contribution is -1.98. The maximum absolute atomic E-state index is 12.5. The fraction of sp³-hybridized carbons (Fsp3) is 0.0476. The Kier molecular flexibility index (Phi) is 4.84. The predicted octanol–water partition coefficient (Wildman–Crippen LogP) is 5.58. The highest BCUT2D eigenvalue weighted by molar-refractivity contribution is 6.35. The molecule has 0 spiro atoms. The number of hydrogen-bond donors (Lipinski definition) is 0. The Bertz CT molecular complexity index is 1050. The summed E-state index contributed by atoms with van der Waals surface area (Å²) in [6, 6.07) is 14.0. The molecular formula is C21H13Cl2NO3. The third kappa shape index (κ3) is 3.82. The molecular weight excluding hydrogens is 385 g/mol. The summed E-state index contributed by atoms with van der Waals surface area (Å²) >= 11 is 12.1. The minimum atomic E-state index is -0.166. The average molecular weight is 398 g/mol. The first kappa shape index (κ1) is 17.6. The van der Waals surface area contributed by atoms with Crippen molar-refractivity contribution in [3.8, 4) is 11.5 Å². The first-order valence-corrected chi connectivity index (χ1v) is 8.91. The van der Waals surface area contributed by atoms with Crippen LogP contribution in [0.2, 0.25) is 10.0 Å². The molecule has 3 aromatic rings. The lowest BCUT2D eigenvalue weighted by atomic mass is 10.1. The number of fused-ring (bicyclic) bond motifs is 1. The number of Topliss-reactive ketones (excluding diaryl/α,β-unsaturated/α-hetero) is 1. The third-order valence-electron chi connectivity index (χ3n) is 4.03. The van der Waals surface area contributed by atoms with Crippen molar-refractivity contribution in [2.24, 2.45) is 0 Å². The summed E-state index contributed by atoms with van der Waals surface area (Å²) in [5, 5.41) is 1.11. The van der Waals surface area contributed by atoms with Crippen LogP contribution in [0.3, 0.4) is 0 Å². The second kappa shape index (κ2) is 7.43. The molecule has 0 saturated heterocycles. The number of carbonyl (C=O) groups is 1. The monoisotopic (exact) mass is 397 g/mol. The zero-order valence-electron chi connectivity index (χ0n) is 14.0. The Morgan fingerprint density at radius 3 is 2.78 bits per heavy atom. The average Bonchev–Trinajstić information content (AvgIpc) is 2.97. The Morgan fingerprint density at radius 2 is 2.00 bits per heavy atom. The van der Waals surface area contributed by atoms with E-state index in [0.29, 0.717) is 27.1 Å². The van der Waals surface area contributed by atoms with Crippen LogP contribution in [0.15, 0.2) is 66.7 Å². The van der Waals surface area contributed by atoms with Gasteiger partial charge in [-0.25, -0.2) is 0 Å². The topological polar surface area (TPSA) is 48.4 Å². The van der Waals surface area contributed by atoms with Crippen molar-refractivity contribution in [2.75, 3.05) is 0 Å². The number of benzene rings is 2. The molecule has 1 aromatic heterocycles. The number of pyridine rings is 1. The highest BCUT2D eigenvalue weighted by Crippen LogP contribution is 2.35. The van der Waals surface area contributed by atoms with E-state index >= 15 is 0 Å². The fourth-order valence-electron chi connectivity index (χ4n) is 2.67. The number of nitrogens with zero attached hydrogens (tertiary/aromatic N) is 1. The van der Waals surface area contributed by atoms with Gasteiger partial charge in [0.1, 0.15) is 18.1 Å². The molecule has 0 radical (unpaired) electrons. The molecule has 1 aliphatic rings. The molecule has 4 rings (SSSR count). The van der Waals surface area contributed by atoms with Gasteiger partial charge < -0.3 is 9.47 Å². The zero-order chi connectivity index (χ0) is 18.8. The van der Waals surface area contributed by atoms with Crippen LogP contribution in [0.25, 0.3) is 6.08 Å². The van der Waals surface area contributed by atoms with Gasteiger partial charge in [0.15, 0.2) is 5.76 Å². The van der Waals surface area contributed by atoms with Crippen LogP contribution in [0.5, 0.6) is 11.5 Å². The van der Waals surface area contributed by atoms with Gasteiger partial charge >= 0.3 is 0 Å². The number of ether oxygens (including phenoxy) is 2. The molecule has 0 amide bonds. The van der Waals surface area contributed by atoms with Crippen molar-refractivity contribution >= 4 is 35.1 Å². The molecule has 0 aliphatic carbocycles. The lowest BCUT2D eigenvalue weighted by Gasteiger charge is -2.09. The molecule has 0 fully saturated rings. The normalized spacial score (nSPS) is 14.1. The maximum Gasteiger partial charge on any atom is 0.231 e. The summed E-state index contributed by atoms with van der Waals surface area (Å²) in [5.74, 6) is 1.14. The predicted molar refractivity (Wildman–Crippen MR) is 104 cm³/mol. The Morgan fingerprint density at radius 1 is 1.11 bits per heavy atom. The van der Waals surface area contributed by atoms with E-state index in [-0.39, 0.29) is 18.1 Å². The van der Waals surface area contributed by atoms with E-state index in [1.165, 1.54) is 0 Å². The van der Waals surface area contributed by atoms with Crippen LogP contribution in [0.4, 0.5) is 0 Å². The molecule has 0 bridgehead atoms. The van der Waals surface area contributed by atoms with Crippen molar-refractivity contribution in [2.45, 2.75) is 6.61 Å². The van der Waals surface area contributed by atoms with Crippen LogP contribution >= 0.6 is 23.2 Å². The van der Waals surface area contributed by atoms with Gasteiger partial charge in [-0.15, -0.1) is 0 Å². The van der Waals surface area contributed by atoms with E-state index in [1.54, 1.807) is 54.9 Å². The number of allylic oxidation sites excluding steroid dienone is 1. The molecule has 134 valence electrons. The SMILES string of the molecule is O=C1C(=Cc2cccnc2)Oc2cc(OCc3ccc(Cl)cc3Cl)ccc21. The standard InChI is InChI=1S/C21H13Cl2NO3/c22-15-4-3-14(18(23)9-15)12-26-16-5-6-17-19(10-16)27-20(21(17)25)8-13-2-1-7-24-11-13/h1-11H,12H2. The highest BCUT2D eigenvalue weighted by atomic mass is 35.5. The molecule has 1 aliphatic heterocycles. The Labute approximate surface area is 166 Å². The van der Waals surface area contributed by atoms with Gasteiger partial charge in [0.25, 0.3) is 0 Å². The largest absolute Gasteiger partial charge is 0.489 e. The van der Waals surface area contributed by atoms with Crippen molar-refractivity contribution in [3.05, 3.63) is 93.4 Å². The zero-order valence-corrected chi connectivity index (χ0v) is 15.5. The summed E-state index contributed by atoms with van der Waals surface area (Å²) < 4.78 is 11.5. The van der Waals surface area contributed by atoms with E-state index < -0.39 is 0 Å². The smallest absolute Gasteiger partial charge is 0.231 e. The quantitative estimate of drug-likeness (QED) is 0.538. The highest BCUT2D eigenvalue weighted by Gasteiger charge is 2.27. The molecule has 2 heterocycles. The molecule has 4 nitrogen and oxygen atoms in total. The van der Waals surface area contributed by atoms with Crippen molar-refractivity contribution in [1.82, 2.24) is 4.98 Å². The second-order valence-electron chi connectivity index (χ2n) is 5.91.